The van der Waals surface area contributed by atoms with Gasteiger partial charge < -0.3 is 16.3 Å². The Bertz CT molecular complexity index is 514. The fourth-order valence-electron chi connectivity index (χ4n) is 1.61. The Kier molecular flexibility index (Phi) is 5.87. The maximum Gasteiger partial charge on any atom is 0.257 e. The minimum atomic E-state index is -0.965. The van der Waals surface area contributed by atoms with Crippen molar-refractivity contribution in [1.29, 1.82) is 0 Å². The summed E-state index contributed by atoms with van der Waals surface area (Å²) in [6, 6.07) is 1.52. The summed E-state index contributed by atoms with van der Waals surface area (Å²) in [6.45, 7) is 1.75. The Morgan fingerprint density at radius 1 is 1.50 bits per heavy atom. The molecule has 5 nitrogen and oxygen atoms in total. The Balaban J connectivity index is 2.90. The van der Waals surface area contributed by atoms with E-state index in [2.05, 4.69) is 26.4 Å². The number of amidine groups is 1. The van der Waals surface area contributed by atoms with E-state index in [0.29, 0.717) is 6.42 Å². The largest absolute Gasteiger partial charge is 0.409 e. The van der Waals surface area contributed by atoms with Gasteiger partial charge in [-0.25, -0.2) is 8.78 Å². The van der Waals surface area contributed by atoms with Crippen molar-refractivity contribution in [3.8, 4) is 0 Å². The van der Waals surface area contributed by atoms with Crippen LogP contribution in [0.5, 0.6) is 0 Å². The van der Waals surface area contributed by atoms with Gasteiger partial charge >= 0.3 is 0 Å². The fourth-order valence-corrected chi connectivity index (χ4v) is 2.01. The minimum Gasteiger partial charge on any atom is -0.409 e. The van der Waals surface area contributed by atoms with Crippen LogP contribution in [0.25, 0.3) is 0 Å². The smallest absolute Gasteiger partial charge is 0.257 e. The molecule has 0 saturated carbocycles. The van der Waals surface area contributed by atoms with E-state index in [0.717, 1.165) is 12.1 Å². The number of carbonyl (C=O) groups excluding carboxylic acids is 1. The highest BCUT2D eigenvalue weighted by atomic mass is 79.9. The zero-order chi connectivity index (χ0) is 15.3. The SMILES string of the molecule is CCC(CC(N)=NO)NC(=O)c1c(F)cc(Br)cc1F. The van der Waals surface area contributed by atoms with Gasteiger partial charge in [0.15, 0.2) is 0 Å². The van der Waals surface area contributed by atoms with Gasteiger partial charge in [0, 0.05) is 16.9 Å². The molecule has 1 aromatic rings. The number of carbonyl (C=O) groups is 1. The van der Waals surface area contributed by atoms with Crippen molar-refractivity contribution in [3.05, 3.63) is 33.8 Å². The monoisotopic (exact) mass is 349 g/mol. The maximum absolute atomic E-state index is 13.6. The number of hydrogen-bond donors (Lipinski definition) is 3. The average Bonchev–Trinajstić information content (AvgIpc) is 2.36. The second kappa shape index (κ2) is 7.18. The molecular formula is C12H14BrF2N3O2. The molecule has 1 rings (SSSR count). The molecular weight excluding hydrogens is 336 g/mol. The first-order chi connectivity index (χ1) is 9.38. The van der Waals surface area contributed by atoms with Crippen LogP contribution in [0.2, 0.25) is 0 Å². The van der Waals surface area contributed by atoms with Gasteiger partial charge in [-0.3, -0.25) is 4.79 Å². The standard InChI is InChI=1S/C12H14BrF2N3O2/c1-2-7(5-10(16)18-20)17-12(19)11-8(14)3-6(13)4-9(11)15/h3-4,7,20H,2,5H2,1H3,(H2,16,18)(H,17,19). The van der Waals surface area contributed by atoms with Crippen molar-refractivity contribution in [1.82, 2.24) is 5.32 Å². The lowest BCUT2D eigenvalue weighted by molar-refractivity contribution is 0.0928. The summed E-state index contributed by atoms with van der Waals surface area (Å²) in [7, 11) is 0. The van der Waals surface area contributed by atoms with Crippen LogP contribution in [-0.4, -0.2) is 23.0 Å². The molecule has 0 spiro atoms. The third-order valence-electron chi connectivity index (χ3n) is 2.65. The lowest BCUT2D eigenvalue weighted by atomic mass is 10.1. The molecule has 0 saturated heterocycles. The van der Waals surface area contributed by atoms with E-state index in [9.17, 15) is 13.6 Å². The number of oxime groups is 1. The highest BCUT2D eigenvalue weighted by molar-refractivity contribution is 9.10. The molecule has 0 bridgehead atoms. The molecule has 0 aliphatic rings. The molecule has 1 amide bonds. The van der Waals surface area contributed by atoms with E-state index in [4.69, 9.17) is 10.9 Å². The van der Waals surface area contributed by atoms with Crippen LogP contribution in [-0.2, 0) is 0 Å². The van der Waals surface area contributed by atoms with Crippen LogP contribution in [0.4, 0.5) is 8.78 Å². The quantitative estimate of drug-likeness (QED) is 0.330. The molecule has 0 heterocycles. The van der Waals surface area contributed by atoms with Crippen LogP contribution in [0.3, 0.4) is 0 Å². The third-order valence-corrected chi connectivity index (χ3v) is 3.10. The Hall–Kier alpha value is -1.70. The first-order valence-corrected chi connectivity index (χ1v) is 6.60. The number of halogens is 3. The van der Waals surface area contributed by atoms with Gasteiger partial charge in [0.25, 0.3) is 5.91 Å². The Morgan fingerprint density at radius 3 is 2.50 bits per heavy atom. The Morgan fingerprint density at radius 2 is 2.05 bits per heavy atom. The highest BCUT2D eigenvalue weighted by Gasteiger charge is 2.21. The van der Waals surface area contributed by atoms with Crippen molar-refractivity contribution in [2.75, 3.05) is 0 Å². The maximum atomic E-state index is 13.6. The van der Waals surface area contributed by atoms with Crippen molar-refractivity contribution < 1.29 is 18.8 Å². The van der Waals surface area contributed by atoms with Crippen molar-refractivity contribution in [2.24, 2.45) is 10.9 Å². The number of rotatable bonds is 5. The van der Waals surface area contributed by atoms with Crippen molar-refractivity contribution in [3.63, 3.8) is 0 Å². The summed E-state index contributed by atoms with van der Waals surface area (Å²) in [6.07, 6.45) is 0.542. The fraction of sp³-hybridized carbons (Fsp3) is 0.333. The number of nitrogens with one attached hydrogen (secondary N) is 1. The van der Waals surface area contributed by atoms with Gasteiger partial charge in [-0.1, -0.05) is 28.0 Å². The summed E-state index contributed by atoms with van der Waals surface area (Å²) in [4.78, 5) is 11.9. The van der Waals surface area contributed by atoms with Gasteiger partial charge in [-0.2, -0.15) is 0 Å². The van der Waals surface area contributed by atoms with Gasteiger partial charge in [0.05, 0.1) is 0 Å². The van der Waals surface area contributed by atoms with Crippen LogP contribution in [0.1, 0.15) is 30.1 Å². The van der Waals surface area contributed by atoms with E-state index in [1.807, 2.05) is 0 Å². The molecule has 4 N–H and O–H groups in total. The molecule has 0 fully saturated rings. The summed E-state index contributed by atoms with van der Waals surface area (Å²) >= 11 is 2.93. The van der Waals surface area contributed by atoms with Crippen LogP contribution < -0.4 is 11.1 Å². The van der Waals surface area contributed by atoms with E-state index in [1.165, 1.54) is 0 Å². The number of amides is 1. The molecule has 8 heteroatoms. The molecule has 0 aliphatic carbocycles. The van der Waals surface area contributed by atoms with E-state index >= 15 is 0 Å². The van der Waals surface area contributed by atoms with Crippen molar-refractivity contribution in [2.45, 2.75) is 25.8 Å². The Labute approximate surface area is 123 Å². The van der Waals surface area contributed by atoms with Crippen LogP contribution in [0.15, 0.2) is 21.8 Å². The van der Waals surface area contributed by atoms with E-state index in [-0.39, 0.29) is 16.7 Å². The number of hydrogen-bond acceptors (Lipinski definition) is 3. The first kappa shape index (κ1) is 16.4. The third kappa shape index (κ3) is 4.16. The zero-order valence-electron chi connectivity index (χ0n) is 10.7. The number of nitrogens with zero attached hydrogens (tertiary/aromatic N) is 1. The molecule has 110 valence electrons. The molecule has 0 radical (unpaired) electrons. The van der Waals surface area contributed by atoms with Gasteiger partial charge in [-0.15, -0.1) is 0 Å². The summed E-state index contributed by atoms with van der Waals surface area (Å²) in [5, 5.41) is 13.7. The van der Waals surface area contributed by atoms with Gasteiger partial charge in [-0.05, 0) is 18.6 Å². The zero-order valence-corrected chi connectivity index (χ0v) is 12.2. The molecule has 0 aromatic heterocycles. The normalized spacial score (nSPS) is 13.1. The topological polar surface area (TPSA) is 87.7 Å². The summed E-state index contributed by atoms with van der Waals surface area (Å²) in [5.74, 6) is -2.89. The lowest BCUT2D eigenvalue weighted by Crippen LogP contribution is -2.38. The number of benzene rings is 1. The van der Waals surface area contributed by atoms with Gasteiger partial charge in [0.2, 0.25) is 0 Å². The minimum absolute atomic E-state index is 0.0751. The van der Waals surface area contributed by atoms with E-state index in [1.54, 1.807) is 6.92 Å². The van der Waals surface area contributed by atoms with Crippen LogP contribution in [0, 0.1) is 11.6 Å². The lowest BCUT2D eigenvalue weighted by Gasteiger charge is -2.16. The molecule has 0 aliphatic heterocycles. The average molecular weight is 350 g/mol. The predicted octanol–water partition coefficient (Wildman–Crippen LogP) is 2.37. The predicted molar refractivity (Wildman–Crippen MR) is 73.6 cm³/mol. The molecule has 1 atom stereocenters. The molecule has 1 aromatic carbocycles. The van der Waals surface area contributed by atoms with Crippen LogP contribution >= 0.6 is 15.9 Å². The van der Waals surface area contributed by atoms with E-state index < -0.39 is 29.1 Å². The second-order valence-corrected chi connectivity index (χ2v) is 5.03. The molecule has 1 unspecified atom stereocenters. The summed E-state index contributed by atoms with van der Waals surface area (Å²) < 4.78 is 27.5. The first-order valence-electron chi connectivity index (χ1n) is 5.80. The van der Waals surface area contributed by atoms with Gasteiger partial charge in [0.1, 0.15) is 23.0 Å². The summed E-state index contributed by atoms with van der Waals surface area (Å²) in [5.41, 5.74) is 4.68. The van der Waals surface area contributed by atoms with Crippen molar-refractivity contribution >= 4 is 27.7 Å². The number of nitrogens with two attached hydrogens (primary N) is 1. The molecule has 20 heavy (non-hydrogen) atoms. The second-order valence-electron chi connectivity index (χ2n) is 4.12. The highest BCUT2D eigenvalue weighted by Crippen LogP contribution is 2.19.